The highest BCUT2D eigenvalue weighted by atomic mass is 19.4. The molecule has 2 heterocycles. The Morgan fingerprint density at radius 3 is 2.84 bits per heavy atom. The van der Waals surface area contributed by atoms with Crippen molar-refractivity contribution < 1.29 is 18.0 Å². The van der Waals surface area contributed by atoms with Gasteiger partial charge < -0.3 is 10.6 Å². The van der Waals surface area contributed by atoms with Gasteiger partial charge in [0, 0.05) is 0 Å². The van der Waals surface area contributed by atoms with E-state index in [1.54, 1.807) is 5.32 Å². The molecule has 0 aliphatic carbocycles. The van der Waals surface area contributed by atoms with E-state index in [-0.39, 0.29) is 18.4 Å². The van der Waals surface area contributed by atoms with Crippen molar-refractivity contribution in [2.24, 2.45) is 0 Å². The van der Waals surface area contributed by atoms with Gasteiger partial charge in [0.1, 0.15) is 5.82 Å². The highest BCUT2D eigenvalue weighted by Crippen LogP contribution is 2.19. The van der Waals surface area contributed by atoms with E-state index in [0.717, 1.165) is 25.8 Å². The molecule has 2 rings (SSSR count). The van der Waals surface area contributed by atoms with Gasteiger partial charge in [-0.3, -0.25) is 9.89 Å². The number of amides is 1. The number of hydrogen-bond donors (Lipinski definition) is 3. The van der Waals surface area contributed by atoms with Gasteiger partial charge in [0.25, 0.3) is 0 Å². The van der Waals surface area contributed by atoms with Crippen LogP contribution in [0.15, 0.2) is 0 Å². The molecule has 1 saturated heterocycles. The molecular formula is C10H14F3N5O. The molecule has 1 fully saturated rings. The summed E-state index contributed by atoms with van der Waals surface area (Å²) in [6.45, 7) is 0.553. The molecule has 6 nitrogen and oxygen atoms in total. The molecule has 1 aromatic rings. The fraction of sp³-hybridized carbons (Fsp3) is 0.700. The molecule has 0 aromatic carbocycles. The van der Waals surface area contributed by atoms with Crippen molar-refractivity contribution in [1.82, 2.24) is 25.8 Å². The third-order valence-electron chi connectivity index (χ3n) is 2.84. The van der Waals surface area contributed by atoms with Crippen LogP contribution in [0.5, 0.6) is 0 Å². The molecular weight excluding hydrogens is 263 g/mol. The Morgan fingerprint density at radius 2 is 2.21 bits per heavy atom. The summed E-state index contributed by atoms with van der Waals surface area (Å²) in [5.74, 6) is -1.25. The first-order valence-corrected chi connectivity index (χ1v) is 5.96. The van der Waals surface area contributed by atoms with Gasteiger partial charge in [-0.25, -0.2) is 4.98 Å². The van der Waals surface area contributed by atoms with Gasteiger partial charge in [-0.1, -0.05) is 6.42 Å². The second-order valence-corrected chi connectivity index (χ2v) is 4.32. The molecule has 0 bridgehead atoms. The molecule has 19 heavy (non-hydrogen) atoms. The average Bonchev–Trinajstić information content (AvgIpc) is 2.84. The molecule has 1 atom stereocenters. The van der Waals surface area contributed by atoms with Crippen LogP contribution in [0.25, 0.3) is 0 Å². The normalized spacial score (nSPS) is 20.3. The Balaban J connectivity index is 1.89. The summed E-state index contributed by atoms with van der Waals surface area (Å²) in [6.07, 6.45) is -1.83. The van der Waals surface area contributed by atoms with Crippen LogP contribution in [0, 0.1) is 0 Å². The van der Waals surface area contributed by atoms with Crippen LogP contribution in [0.1, 0.15) is 37.0 Å². The Labute approximate surface area is 107 Å². The molecule has 1 aliphatic heterocycles. The van der Waals surface area contributed by atoms with Gasteiger partial charge in [-0.15, -0.1) is 0 Å². The van der Waals surface area contributed by atoms with Crippen molar-refractivity contribution in [3.8, 4) is 0 Å². The molecule has 0 radical (unpaired) electrons. The number of halogens is 3. The Hall–Kier alpha value is -1.64. The first-order chi connectivity index (χ1) is 8.97. The summed E-state index contributed by atoms with van der Waals surface area (Å²) in [5, 5.41) is 11.4. The minimum Gasteiger partial charge on any atom is -0.341 e. The van der Waals surface area contributed by atoms with E-state index >= 15 is 0 Å². The minimum atomic E-state index is -4.88. The molecule has 0 spiro atoms. The van der Waals surface area contributed by atoms with Gasteiger partial charge in [0.05, 0.1) is 12.6 Å². The SMILES string of the molecule is O=C(NCc1nc([C@H]2CCCCN2)n[nH]1)C(F)(F)F. The lowest BCUT2D eigenvalue weighted by Crippen LogP contribution is -2.36. The predicted molar refractivity (Wildman–Crippen MR) is 58.9 cm³/mol. The first kappa shape index (κ1) is 13.8. The number of aromatic nitrogens is 3. The lowest BCUT2D eigenvalue weighted by atomic mass is 10.0. The van der Waals surface area contributed by atoms with Crippen molar-refractivity contribution >= 4 is 5.91 Å². The quantitative estimate of drug-likeness (QED) is 0.763. The van der Waals surface area contributed by atoms with Crippen molar-refractivity contribution in [3.05, 3.63) is 11.6 Å². The second-order valence-electron chi connectivity index (χ2n) is 4.32. The number of nitrogens with one attached hydrogen (secondary N) is 3. The maximum atomic E-state index is 12.0. The molecule has 1 aliphatic rings. The summed E-state index contributed by atoms with van der Waals surface area (Å²) in [6, 6.07) is 0.0251. The van der Waals surface area contributed by atoms with Crippen molar-refractivity contribution in [3.63, 3.8) is 0 Å². The average molecular weight is 277 g/mol. The second kappa shape index (κ2) is 5.55. The Kier molecular flexibility index (Phi) is 4.03. The number of carbonyl (C=O) groups excluding carboxylic acids is 1. The zero-order chi connectivity index (χ0) is 13.9. The highest BCUT2D eigenvalue weighted by molar-refractivity contribution is 5.81. The largest absolute Gasteiger partial charge is 0.471 e. The standard InChI is InChI=1S/C10H14F3N5O/c11-10(12,13)9(19)15-5-7-16-8(18-17-7)6-3-1-2-4-14-6/h6,14H,1-5H2,(H,15,19)(H,16,17,18)/t6-/m1/s1. The molecule has 1 amide bonds. The summed E-state index contributed by atoms with van der Waals surface area (Å²) in [4.78, 5) is 14.7. The van der Waals surface area contributed by atoms with Crippen LogP contribution >= 0.6 is 0 Å². The predicted octanol–water partition coefficient (Wildman–Crippen LogP) is 0.798. The van der Waals surface area contributed by atoms with E-state index < -0.39 is 12.1 Å². The van der Waals surface area contributed by atoms with Gasteiger partial charge in [-0.2, -0.15) is 18.3 Å². The number of alkyl halides is 3. The number of nitrogens with zero attached hydrogens (tertiary/aromatic N) is 2. The molecule has 0 saturated carbocycles. The van der Waals surface area contributed by atoms with Crippen LogP contribution in [0.4, 0.5) is 13.2 Å². The zero-order valence-electron chi connectivity index (χ0n) is 10.0. The van der Waals surface area contributed by atoms with E-state index in [9.17, 15) is 18.0 Å². The minimum absolute atomic E-state index is 0.0251. The van der Waals surface area contributed by atoms with E-state index in [2.05, 4.69) is 20.5 Å². The maximum absolute atomic E-state index is 12.0. The zero-order valence-corrected chi connectivity index (χ0v) is 10.0. The van der Waals surface area contributed by atoms with Crippen LogP contribution in [0.2, 0.25) is 0 Å². The third-order valence-corrected chi connectivity index (χ3v) is 2.84. The van der Waals surface area contributed by atoms with E-state index in [1.807, 2.05) is 0 Å². The number of rotatable bonds is 3. The number of carbonyl (C=O) groups is 1. The monoisotopic (exact) mass is 277 g/mol. The summed E-state index contributed by atoms with van der Waals surface area (Å²) in [7, 11) is 0. The van der Waals surface area contributed by atoms with Crippen molar-refractivity contribution in [2.75, 3.05) is 6.54 Å². The van der Waals surface area contributed by atoms with Crippen LogP contribution in [-0.4, -0.2) is 33.8 Å². The van der Waals surface area contributed by atoms with Gasteiger partial charge in [0.2, 0.25) is 0 Å². The molecule has 106 valence electrons. The topological polar surface area (TPSA) is 82.7 Å². The maximum Gasteiger partial charge on any atom is 0.471 e. The summed E-state index contributed by atoms with van der Waals surface area (Å²) >= 11 is 0. The van der Waals surface area contributed by atoms with Crippen LogP contribution in [0.3, 0.4) is 0 Å². The summed E-state index contributed by atoms with van der Waals surface area (Å²) in [5.41, 5.74) is 0. The highest BCUT2D eigenvalue weighted by Gasteiger charge is 2.38. The Morgan fingerprint density at radius 1 is 1.42 bits per heavy atom. The van der Waals surface area contributed by atoms with Crippen molar-refractivity contribution in [2.45, 2.75) is 38.0 Å². The number of H-pyrrole nitrogens is 1. The van der Waals surface area contributed by atoms with Crippen LogP contribution in [-0.2, 0) is 11.3 Å². The smallest absolute Gasteiger partial charge is 0.341 e. The molecule has 3 N–H and O–H groups in total. The van der Waals surface area contributed by atoms with Crippen molar-refractivity contribution in [1.29, 1.82) is 0 Å². The van der Waals surface area contributed by atoms with E-state index in [4.69, 9.17) is 0 Å². The van der Waals surface area contributed by atoms with Gasteiger partial charge in [0.15, 0.2) is 5.82 Å². The molecule has 0 unspecified atom stereocenters. The Bertz CT molecular complexity index is 439. The third kappa shape index (κ3) is 3.66. The number of piperidine rings is 1. The number of hydrogen-bond acceptors (Lipinski definition) is 4. The first-order valence-electron chi connectivity index (χ1n) is 5.96. The molecule has 9 heteroatoms. The fourth-order valence-corrected chi connectivity index (χ4v) is 1.88. The van der Waals surface area contributed by atoms with Gasteiger partial charge >= 0.3 is 12.1 Å². The van der Waals surface area contributed by atoms with Crippen LogP contribution < -0.4 is 10.6 Å². The summed E-state index contributed by atoms with van der Waals surface area (Å²) < 4.78 is 35.9. The fourth-order valence-electron chi connectivity index (χ4n) is 1.88. The lowest BCUT2D eigenvalue weighted by Gasteiger charge is -2.20. The lowest BCUT2D eigenvalue weighted by molar-refractivity contribution is -0.173. The van der Waals surface area contributed by atoms with Gasteiger partial charge in [-0.05, 0) is 19.4 Å². The van der Waals surface area contributed by atoms with E-state index in [1.165, 1.54) is 0 Å². The van der Waals surface area contributed by atoms with E-state index in [0.29, 0.717) is 5.82 Å². The molecule has 1 aromatic heterocycles. The number of aromatic amines is 1.